The maximum atomic E-state index is 2.58. The zero-order chi connectivity index (χ0) is 13.6. The van der Waals surface area contributed by atoms with Crippen molar-refractivity contribution in [1.82, 2.24) is 4.90 Å². The van der Waals surface area contributed by atoms with Crippen LogP contribution in [0.25, 0.3) is 0 Å². The highest BCUT2D eigenvalue weighted by Crippen LogP contribution is 2.23. The van der Waals surface area contributed by atoms with E-state index in [0.29, 0.717) is 0 Å². The first-order valence-corrected chi connectivity index (χ1v) is 8.97. The third-order valence-electron chi connectivity index (χ3n) is 3.64. The Kier molecular flexibility index (Phi) is 5.01. The molecule has 1 aliphatic heterocycles. The van der Waals surface area contributed by atoms with Crippen LogP contribution in [-0.2, 0) is 0 Å². The lowest BCUT2D eigenvalue weighted by Crippen LogP contribution is -2.47. The summed E-state index contributed by atoms with van der Waals surface area (Å²) in [6.45, 7) is 5.85. The molecule has 0 unspecified atom stereocenters. The van der Waals surface area contributed by atoms with E-state index in [-0.39, 0.29) is 0 Å². The van der Waals surface area contributed by atoms with Crippen molar-refractivity contribution in [3.05, 3.63) is 47.8 Å². The summed E-state index contributed by atoms with van der Waals surface area (Å²) in [4.78, 5) is 5.07. The summed E-state index contributed by atoms with van der Waals surface area (Å²) in [5.74, 6) is 1.20. The van der Waals surface area contributed by atoms with Crippen molar-refractivity contribution in [2.45, 2.75) is 4.21 Å². The van der Waals surface area contributed by atoms with Gasteiger partial charge >= 0.3 is 0 Å². The van der Waals surface area contributed by atoms with Gasteiger partial charge in [0.05, 0.1) is 4.21 Å². The van der Waals surface area contributed by atoms with Crippen LogP contribution in [0.2, 0.25) is 0 Å². The number of para-hydroxylation sites is 1. The highest BCUT2D eigenvalue weighted by atomic mass is 32.2. The minimum atomic E-state index is 1.15. The molecule has 2 nitrogen and oxygen atoms in total. The van der Waals surface area contributed by atoms with Gasteiger partial charge in [-0.15, -0.1) is 23.1 Å². The van der Waals surface area contributed by atoms with E-state index in [0.717, 1.165) is 13.1 Å². The van der Waals surface area contributed by atoms with Gasteiger partial charge in [-0.25, -0.2) is 0 Å². The lowest BCUT2D eigenvalue weighted by molar-refractivity contribution is 0.273. The quantitative estimate of drug-likeness (QED) is 0.778. The summed E-state index contributed by atoms with van der Waals surface area (Å²) >= 11 is 3.82. The average Bonchev–Trinajstić information content (AvgIpc) is 3.02. The lowest BCUT2D eigenvalue weighted by atomic mass is 10.2. The van der Waals surface area contributed by atoms with Crippen molar-refractivity contribution >= 4 is 28.8 Å². The molecule has 2 aromatic rings. The second kappa shape index (κ2) is 7.16. The van der Waals surface area contributed by atoms with Crippen molar-refractivity contribution < 1.29 is 0 Å². The van der Waals surface area contributed by atoms with Gasteiger partial charge in [-0.05, 0) is 23.6 Å². The van der Waals surface area contributed by atoms with E-state index >= 15 is 0 Å². The minimum absolute atomic E-state index is 1.15. The summed E-state index contributed by atoms with van der Waals surface area (Å²) in [7, 11) is 0. The van der Waals surface area contributed by atoms with Gasteiger partial charge in [-0.3, -0.25) is 4.90 Å². The number of benzene rings is 1. The predicted molar refractivity (Wildman–Crippen MR) is 90.1 cm³/mol. The third-order valence-corrected chi connectivity index (χ3v) is 5.75. The molecule has 1 saturated heterocycles. The molecule has 2 heterocycles. The van der Waals surface area contributed by atoms with E-state index < -0.39 is 0 Å². The Hall–Kier alpha value is -0.970. The third kappa shape index (κ3) is 3.78. The van der Waals surface area contributed by atoms with Crippen LogP contribution in [0.1, 0.15) is 0 Å². The van der Waals surface area contributed by atoms with Gasteiger partial charge < -0.3 is 4.90 Å². The molecular weight excluding hydrogens is 284 g/mol. The molecule has 0 spiro atoms. The van der Waals surface area contributed by atoms with E-state index in [1.54, 1.807) is 0 Å². The van der Waals surface area contributed by atoms with Crippen molar-refractivity contribution in [2.24, 2.45) is 0 Å². The fraction of sp³-hybridized carbons (Fsp3) is 0.375. The smallest absolute Gasteiger partial charge is 0.0598 e. The Labute approximate surface area is 129 Å². The maximum Gasteiger partial charge on any atom is 0.0598 e. The first kappa shape index (κ1) is 14.0. The van der Waals surface area contributed by atoms with Crippen LogP contribution in [-0.4, -0.2) is 43.4 Å². The lowest BCUT2D eigenvalue weighted by Gasteiger charge is -2.36. The van der Waals surface area contributed by atoms with Crippen molar-refractivity contribution in [3.63, 3.8) is 0 Å². The van der Waals surface area contributed by atoms with Gasteiger partial charge in [0, 0.05) is 44.2 Å². The Bertz CT molecular complexity index is 490. The van der Waals surface area contributed by atoms with Gasteiger partial charge in [-0.1, -0.05) is 24.3 Å². The fourth-order valence-corrected chi connectivity index (χ4v) is 4.35. The standard InChI is InChI=1S/C16H20N2S2/c1-2-5-15(6-3-1)18-10-8-17(9-11-18)12-14-20-16-7-4-13-19-16/h1-7,13H,8-12,14H2. The van der Waals surface area contributed by atoms with E-state index in [1.165, 1.54) is 35.3 Å². The van der Waals surface area contributed by atoms with Gasteiger partial charge in [0.1, 0.15) is 0 Å². The predicted octanol–water partition coefficient (Wildman–Crippen LogP) is 3.66. The summed E-state index contributed by atoms with van der Waals surface area (Å²) < 4.78 is 1.44. The number of nitrogens with zero attached hydrogens (tertiary/aromatic N) is 2. The van der Waals surface area contributed by atoms with Crippen LogP contribution in [0.15, 0.2) is 52.1 Å². The molecule has 0 atom stereocenters. The highest BCUT2D eigenvalue weighted by molar-refractivity contribution is 8.01. The fourth-order valence-electron chi connectivity index (χ4n) is 2.49. The van der Waals surface area contributed by atoms with Crippen molar-refractivity contribution in [2.75, 3.05) is 43.4 Å². The topological polar surface area (TPSA) is 6.48 Å². The second-order valence-corrected chi connectivity index (χ2v) is 7.29. The molecule has 0 radical (unpaired) electrons. The van der Waals surface area contributed by atoms with Gasteiger partial charge in [-0.2, -0.15) is 0 Å². The number of thiophene rings is 1. The Morgan fingerprint density at radius 1 is 0.950 bits per heavy atom. The number of piperazine rings is 1. The summed E-state index contributed by atoms with van der Waals surface area (Å²) in [6, 6.07) is 15.1. The monoisotopic (exact) mass is 304 g/mol. The Morgan fingerprint density at radius 2 is 1.75 bits per heavy atom. The largest absolute Gasteiger partial charge is 0.369 e. The number of thioether (sulfide) groups is 1. The molecule has 0 N–H and O–H groups in total. The summed E-state index contributed by atoms with van der Waals surface area (Å²) in [6.07, 6.45) is 0. The molecule has 4 heteroatoms. The second-order valence-electron chi connectivity index (χ2n) is 4.94. The molecule has 1 fully saturated rings. The van der Waals surface area contributed by atoms with Crippen LogP contribution in [0.4, 0.5) is 5.69 Å². The number of hydrogen-bond donors (Lipinski definition) is 0. The van der Waals surface area contributed by atoms with Crippen molar-refractivity contribution in [3.8, 4) is 0 Å². The zero-order valence-corrected chi connectivity index (χ0v) is 13.2. The average molecular weight is 304 g/mol. The molecule has 1 aromatic heterocycles. The molecule has 0 aliphatic carbocycles. The Balaban J connectivity index is 1.40. The number of rotatable bonds is 5. The molecule has 3 rings (SSSR count). The maximum absolute atomic E-state index is 2.58. The zero-order valence-electron chi connectivity index (χ0n) is 11.6. The van der Waals surface area contributed by atoms with E-state index in [2.05, 4.69) is 57.6 Å². The number of hydrogen-bond acceptors (Lipinski definition) is 4. The van der Waals surface area contributed by atoms with Gasteiger partial charge in [0.15, 0.2) is 0 Å². The van der Waals surface area contributed by atoms with Crippen LogP contribution < -0.4 is 4.90 Å². The SMILES string of the molecule is c1ccc(N2CCN(CCSc3cccs3)CC2)cc1. The first-order chi connectivity index (χ1) is 9.92. The summed E-state index contributed by atoms with van der Waals surface area (Å²) in [5.41, 5.74) is 1.36. The molecule has 1 aliphatic rings. The summed E-state index contributed by atoms with van der Waals surface area (Å²) in [5, 5.41) is 2.15. The molecule has 0 saturated carbocycles. The van der Waals surface area contributed by atoms with E-state index in [1.807, 2.05) is 23.1 Å². The van der Waals surface area contributed by atoms with Crippen LogP contribution >= 0.6 is 23.1 Å². The van der Waals surface area contributed by atoms with Gasteiger partial charge in [0.25, 0.3) is 0 Å². The molecular formula is C16H20N2S2. The molecule has 1 aromatic carbocycles. The van der Waals surface area contributed by atoms with Gasteiger partial charge in [0.2, 0.25) is 0 Å². The van der Waals surface area contributed by atoms with Crippen LogP contribution in [0.3, 0.4) is 0 Å². The minimum Gasteiger partial charge on any atom is -0.369 e. The normalized spacial score (nSPS) is 16.5. The van der Waals surface area contributed by atoms with Crippen LogP contribution in [0, 0.1) is 0 Å². The van der Waals surface area contributed by atoms with E-state index in [9.17, 15) is 0 Å². The molecule has 0 amide bonds. The molecule has 20 heavy (non-hydrogen) atoms. The van der Waals surface area contributed by atoms with Crippen LogP contribution in [0.5, 0.6) is 0 Å². The van der Waals surface area contributed by atoms with E-state index in [4.69, 9.17) is 0 Å². The highest BCUT2D eigenvalue weighted by Gasteiger charge is 2.16. The number of anilines is 1. The first-order valence-electron chi connectivity index (χ1n) is 7.10. The molecule has 106 valence electrons. The molecule has 0 bridgehead atoms. The van der Waals surface area contributed by atoms with Crippen molar-refractivity contribution in [1.29, 1.82) is 0 Å². The Morgan fingerprint density at radius 3 is 2.45 bits per heavy atom.